The second kappa shape index (κ2) is 13.4. The molecule has 4 aliphatic heterocycles. The van der Waals surface area contributed by atoms with Crippen molar-refractivity contribution in [2.45, 2.75) is 55.8 Å². The third-order valence-corrected chi connectivity index (χ3v) is 7.36. The van der Waals surface area contributed by atoms with Gasteiger partial charge in [0.15, 0.2) is 12.6 Å². The molecule has 3 aromatic carbocycles. The van der Waals surface area contributed by atoms with Crippen molar-refractivity contribution in [2.75, 3.05) is 33.5 Å². The molecular formula is C32H36O9. The van der Waals surface area contributed by atoms with Crippen molar-refractivity contribution in [1.29, 1.82) is 0 Å². The molecule has 0 saturated carbocycles. The number of rotatable bonds is 8. The summed E-state index contributed by atoms with van der Waals surface area (Å²) in [5, 5.41) is 9.71. The SMILES string of the molecule is COc1ccc(COC2COC(c3ccccc3)OC2[C@H]2CO2)cc1.OC1COC(c2ccccc2)OC1[C@H]1CO1. The van der Waals surface area contributed by atoms with Crippen molar-refractivity contribution in [3.63, 3.8) is 0 Å². The molecule has 218 valence electrons. The Bertz CT molecular complexity index is 1200. The van der Waals surface area contributed by atoms with E-state index >= 15 is 0 Å². The topological polar surface area (TPSA) is 101 Å². The number of methoxy groups -OCH3 is 1. The van der Waals surface area contributed by atoms with Crippen LogP contribution in [0.3, 0.4) is 0 Å². The zero-order valence-electron chi connectivity index (χ0n) is 23.0. The van der Waals surface area contributed by atoms with Gasteiger partial charge in [-0.05, 0) is 17.7 Å². The summed E-state index contributed by atoms with van der Waals surface area (Å²) in [5.74, 6) is 0.836. The summed E-state index contributed by atoms with van der Waals surface area (Å²) in [6.07, 6.45) is -1.74. The van der Waals surface area contributed by atoms with E-state index in [-0.39, 0.29) is 36.8 Å². The lowest BCUT2D eigenvalue weighted by Crippen LogP contribution is -2.45. The van der Waals surface area contributed by atoms with E-state index in [9.17, 15) is 5.11 Å². The first-order valence-corrected chi connectivity index (χ1v) is 14.0. The fourth-order valence-electron chi connectivity index (χ4n) is 4.89. The van der Waals surface area contributed by atoms with Crippen LogP contribution >= 0.6 is 0 Å². The van der Waals surface area contributed by atoms with E-state index in [2.05, 4.69) is 0 Å². The maximum Gasteiger partial charge on any atom is 0.184 e. The number of epoxide rings is 2. The summed E-state index contributed by atoms with van der Waals surface area (Å²) in [7, 11) is 1.66. The van der Waals surface area contributed by atoms with Gasteiger partial charge in [-0.25, -0.2) is 0 Å². The van der Waals surface area contributed by atoms with Gasteiger partial charge in [-0.3, -0.25) is 0 Å². The summed E-state index contributed by atoms with van der Waals surface area (Å²) < 4.78 is 45.1. The van der Waals surface area contributed by atoms with Crippen LogP contribution in [-0.2, 0) is 39.8 Å². The predicted molar refractivity (Wildman–Crippen MR) is 147 cm³/mol. The molecule has 4 heterocycles. The molecule has 4 aliphatic rings. The molecule has 0 radical (unpaired) electrons. The minimum atomic E-state index is -0.590. The molecule has 0 aliphatic carbocycles. The van der Waals surface area contributed by atoms with Crippen molar-refractivity contribution in [2.24, 2.45) is 0 Å². The van der Waals surface area contributed by atoms with Gasteiger partial charge in [0.25, 0.3) is 0 Å². The van der Waals surface area contributed by atoms with Crippen molar-refractivity contribution >= 4 is 0 Å². The summed E-state index contributed by atoms with van der Waals surface area (Å²) in [5.41, 5.74) is 3.07. The van der Waals surface area contributed by atoms with Crippen LogP contribution in [0.4, 0.5) is 0 Å². The minimum absolute atomic E-state index is 0.0325. The summed E-state index contributed by atoms with van der Waals surface area (Å²) >= 11 is 0. The van der Waals surface area contributed by atoms with Crippen LogP contribution in [0, 0.1) is 0 Å². The Hall–Kier alpha value is -2.86. The summed E-state index contributed by atoms with van der Waals surface area (Å²) in [4.78, 5) is 0. The Balaban J connectivity index is 0.000000162. The highest BCUT2D eigenvalue weighted by Gasteiger charge is 2.45. The first-order chi connectivity index (χ1) is 20.2. The second-order valence-corrected chi connectivity index (χ2v) is 10.4. The van der Waals surface area contributed by atoms with Gasteiger partial charge in [-0.2, -0.15) is 0 Å². The lowest BCUT2D eigenvalue weighted by atomic mass is 10.1. The highest BCUT2D eigenvalue weighted by atomic mass is 16.7. The van der Waals surface area contributed by atoms with Gasteiger partial charge in [0, 0.05) is 11.1 Å². The molecule has 4 fully saturated rings. The van der Waals surface area contributed by atoms with Crippen molar-refractivity contribution in [3.8, 4) is 5.75 Å². The van der Waals surface area contributed by atoms with E-state index in [4.69, 9.17) is 37.9 Å². The fourth-order valence-corrected chi connectivity index (χ4v) is 4.89. The third kappa shape index (κ3) is 7.51. The minimum Gasteiger partial charge on any atom is -0.497 e. The molecule has 3 aromatic rings. The molecule has 4 saturated heterocycles. The Kier molecular flexibility index (Phi) is 9.25. The molecule has 9 nitrogen and oxygen atoms in total. The van der Waals surface area contributed by atoms with Gasteiger partial charge < -0.3 is 43.0 Å². The maximum atomic E-state index is 9.71. The van der Waals surface area contributed by atoms with E-state index in [1.165, 1.54) is 0 Å². The molecule has 0 amide bonds. The smallest absolute Gasteiger partial charge is 0.184 e. The third-order valence-electron chi connectivity index (χ3n) is 7.36. The highest BCUT2D eigenvalue weighted by Crippen LogP contribution is 2.34. The quantitative estimate of drug-likeness (QED) is 0.408. The van der Waals surface area contributed by atoms with Gasteiger partial charge in [-0.1, -0.05) is 72.8 Å². The maximum absolute atomic E-state index is 9.71. The average molecular weight is 565 g/mol. The first-order valence-electron chi connectivity index (χ1n) is 14.0. The zero-order valence-corrected chi connectivity index (χ0v) is 23.0. The Labute approximate surface area is 239 Å². The van der Waals surface area contributed by atoms with E-state index in [1.807, 2.05) is 84.9 Å². The van der Waals surface area contributed by atoms with Crippen LogP contribution in [0.5, 0.6) is 5.75 Å². The largest absolute Gasteiger partial charge is 0.497 e. The van der Waals surface area contributed by atoms with Crippen molar-refractivity contribution < 1.29 is 43.0 Å². The number of benzene rings is 3. The van der Waals surface area contributed by atoms with Crippen LogP contribution in [0.15, 0.2) is 84.9 Å². The van der Waals surface area contributed by atoms with Crippen molar-refractivity contribution in [1.82, 2.24) is 0 Å². The monoisotopic (exact) mass is 564 g/mol. The van der Waals surface area contributed by atoms with E-state index in [0.717, 1.165) is 22.4 Å². The van der Waals surface area contributed by atoms with Gasteiger partial charge in [0.1, 0.15) is 42.4 Å². The number of aliphatic hydroxyl groups is 1. The van der Waals surface area contributed by atoms with Crippen LogP contribution in [0.1, 0.15) is 29.3 Å². The molecule has 8 atom stereocenters. The van der Waals surface area contributed by atoms with E-state index < -0.39 is 12.4 Å². The van der Waals surface area contributed by atoms with Crippen LogP contribution in [0.2, 0.25) is 0 Å². The van der Waals surface area contributed by atoms with E-state index in [1.54, 1.807) is 7.11 Å². The van der Waals surface area contributed by atoms with Crippen LogP contribution < -0.4 is 4.74 Å². The predicted octanol–water partition coefficient (Wildman–Crippen LogP) is 3.95. The summed E-state index contributed by atoms with van der Waals surface area (Å²) in [6.45, 7) is 2.67. The molecular weight excluding hydrogens is 528 g/mol. The van der Waals surface area contributed by atoms with E-state index in [0.29, 0.717) is 33.0 Å². The van der Waals surface area contributed by atoms with Gasteiger partial charge >= 0.3 is 0 Å². The first kappa shape index (κ1) is 28.3. The zero-order chi connectivity index (χ0) is 28.0. The molecule has 1 N–H and O–H groups in total. The van der Waals surface area contributed by atoms with Gasteiger partial charge in [0.2, 0.25) is 0 Å². The lowest BCUT2D eigenvalue weighted by Gasteiger charge is -2.36. The fraction of sp³-hybridized carbons (Fsp3) is 0.438. The molecule has 9 heteroatoms. The molecule has 0 aromatic heterocycles. The number of hydrogen-bond acceptors (Lipinski definition) is 9. The Morgan fingerprint density at radius 1 is 0.659 bits per heavy atom. The van der Waals surface area contributed by atoms with Crippen LogP contribution in [-0.4, -0.2) is 75.3 Å². The molecule has 6 unspecified atom stereocenters. The molecule has 0 bridgehead atoms. The average Bonchev–Trinajstić information content (AvgIpc) is 3.96. The second-order valence-electron chi connectivity index (χ2n) is 10.4. The van der Waals surface area contributed by atoms with Gasteiger partial charge in [0.05, 0.1) is 40.1 Å². The van der Waals surface area contributed by atoms with Crippen LogP contribution in [0.25, 0.3) is 0 Å². The molecule has 7 rings (SSSR count). The van der Waals surface area contributed by atoms with Gasteiger partial charge in [-0.15, -0.1) is 0 Å². The number of hydrogen-bond donors (Lipinski definition) is 1. The molecule has 0 spiro atoms. The van der Waals surface area contributed by atoms with Crippen molar-refractivity contribution in [3.05, 3.63) is 102 Å². The standard InChI is InChI=1S/C20H22O5.C12H14O4/c1-21-16-9-7-14(8-10-16)11-22-18-13-24-20(15-5-3-2-4-6-15)25-19(18)17-12-23-17;13-9-6-15-12(8-4-2-1-3-5-8)16-11(9)10-7-14-10/h2-10,17-20H,11-13H2,1H3;1-5,9-13H,6-7H2/t17-,18?,19?,20?;9?,10-,11?,12?/m11/s1. The number of ether oxygens (including phenoxy) is 8. The molecule has 41 heavy (non-hydrogen) atoms. The lowest BCUT2D eigenvalue weighted by molar-refractivity contribution is -0.271. The number of aliphatic hydroxyl groups excluding tert-OH is 1. The normalized spacial score (nSPS) is 32.3. The Morgan fingerprint density at radius 2 is 1.20 bits per heavy atom. The Morgan fingerprint density at radius 3 is 1.76 bits per heavy atom. The highest BCUT2D eigenvalue weighted by molar-refractivity contribution is 5.26. The summed E-state index contributed by atoms with van der Waals surface area (Å²) in [6, 6.07) is 27.6.